The SMILES string of the molecule is c1ccc(-c2nc(-c3ccccc3)nc(-c3ccc(-n4c5ccccc5c5ccc([Si](c6ccccc6)(c6ccccc6)c6ccccc6)cc54)cc3)n2)cc1.c1ccc(-c2nc(-c3ccccc3)nc(-c3ccc(-n4c5ccccc5c5ccccc54)cc3)n2)cc1.c1ccc(-c2nc(-c3ccccc3)nc(N3c4ccccc4N(c4ccccc4)c4ccccc43)n2)cc1. The van der Waals surface area contributed by atoms with Gasteiger partial charge in [-0.25, -0.2) is 34.9 Å². The summed E-state index contributed by atoms with van der Waals surface area (Å²) in [4.78, 5) is 48.8. The van der Waals surface area contributed by atoms with Crippen LogP contribution in [0.3, 0.4) is 0 Å². The van der Waals surface area contributed by atoms with E-state index in [2.05, 4.69) is 322 Å². The van der Waals surface area contributed by atoms with E-state index in [1.807, 2.05) is 188 Å². The summed E-state index contributed by atoms with van der Waals surface area (Å²) in [6.45, 7) is 0. The van der Waals surface area contributed by atoms with Gasteiger partial charge in [0.05, 0.1) is 44.8 Å². The van der Waals surface area contributed by atoms with Crippen molar-refractivity contribution in [1.29, 1.82) is 0 Å². The molecule has 1 aliphatic heterocycles. The molecule has 0 aliphatic carbocycles. The number of aromatic nitrogens is 11. The molecule has 18 aromatic carbocycles. The normalized spacial score (nSPS) is 11.6. The maximum atomic E-state index is 5.03. The number of para-hydroxylation sites is 8. The first-order valence-electron chi connectivity index (χ1n) is 43.8. The first-order chi connectivity index (χ1) is 65.0. The predicted octanol–water partition coefficient (Wildman–Crippen LogP) is 25.8. The number of benzene rings is 18. The molecule has 131 heavy (non-hydrogen) atoms. The number of hydrogen-bond donors (Lipinski definition) is 0. The Morgan fingerprint density at radius 3 is 0.687 bits per heavy atom. The summed E-state index contributed by atoms with van der Waals surface area (Å²) in [5.41, 5.74) is 19.7. The van der Waals surface area contributed by atoms with Crippen LogP contribution in [0.2, 0.25) is 0 Å². The van der Waals surface area contributed by atoms with E-state index < -0.39 is 8.07 Å². The van der Waals surface area contributed by atoms with Gasteiger partial charge < -0.3 is 14.0 Å². The molecule has 14 heteroatoms. The molecule has 0 spiro atoms. The predicted molar refractivity (Wildman–Crippen MR) is 538 cm³/mol. The molecule has 0 fully saturated rings. The third-order valence-corrected chi connectivity index (χ3v) is 28.9. The molecule has 1 aliphatic rings. The van der Waals surface area contributed by atoms with E-state index in [0.29, 0.717) is 52.5 Å². The number of rotatable bonds is 16. The molecule has 0 saturated heterocycles. The van der Waals surface area contributed by atoms with E-state index in [1.54, 1.807) is 0 Å². The molecule has 6 heterocycles. The van der Waals surface area contributed by atoms with Gasteiger partial charge in [0.2, 0.25) is 5.95 Å². The van der Waals surface area contributed by atoms with Crippen LogP contribution in [0.5, 0.6) is 0 Å². The highest BCUT2D eigenvalue weighted by atomic mass is 28.3. The van der Waals surface area contributed by atoms with Gasteiger partial charge in [0, 0.05) is 83.1 Å². The van der Waals surface area contributed by atoms with Gasteiger partial charge in [-0.05, 0) is 130 Å². The van der Waals surface area contributed by atoms with Crippen molar-refractivity contribution in [2.45, 2.75) is 0 Å². The highest BCUT2D eigenvalue weighted by Crippen LogP contribution is 2.54. The highest BCUT2D eigenvalue weighted by Gasteiger charge is 2.42. The zero-order chi connectivity index (χ0) is 87.2. The lowest BCUT2D eigenvalue weighted by Gasteiger charge is -2.39. The Kier molecular flexibility index (Phi) is 21.5. The van der Waals surface area contributed by atoms with Gasteiger partial charge in [-0.2, -0.15) is 9.97 Å². The molecule has 0 N–H and O–H groups in total. The van der Waals surface area contributed by atoms with E-state index in [-0.39, 0.29) is 0 Å². The third-order valence-electron chi connectivity index (χ3n) is 24.1. The Morgan fingerprint density at radius 2 is 0.382 bits per heavy atom. The topological polar surface area (TPSA) is 132 Å². The van der Waals surface area contributed by atoms with E-state index in [9.17, 15) is 0 Å². The molecule has 618 valence electrons. The molecular weight excluding hydrogens is 1620 g/mol. The molecule has 0 atom stereocenters. The molecule has 0 saturated carbocycles. The lowest BCUT2D eigenvalue weighted by Crippen LogP contribution is -2.74. The quantitative estimate of drug-likeness (QED) is 0.0676. The van der Waals surface area contributed by atoms with Crippen molar-refractivity contribution in [3.8, 4) is 102 Å². The minimum absolute atomic E-state index is 0.574. The van der Waals surface area contributed by atoms with Crippen molar-refractivity contribution >= 4 is 107 Å². The van der Waals surface area contributed by atoms with Gasteiger partial charge in [-0.1, -0.05) is 382 Å². The molecule has 0 amide bonds. The fourth-order valence-corrected chi connectivity index (χ4v) is 22.8. The van der Waals surface area contributed by atoms with Gasteiger partial charge in [0.25, 0.3) is 0 Å². The Morgan fingerprint density at radius 1 is 0.153 bits per heavy atom. The maximum absolute atomic E-state index is 5.03. The van der Waals surface area contributed by atoms with Crippen LogP contribution in [0, 0.1) is 0 Å². The number of nitrogens with zero attached hydrogens (tertiary/aromatic N) is 13. The summed E-state index contributed by atoms with van der Waals surface area (Å²) in [7, 11) is -2.75. The second kappa shape index (κ2) is 35.4. The van der Waals surface area contributed by atoms with E-state index in [4.69, 9.17) is 44.9 Å². The minimum Gasteiger partial charge on any atom is -0.309 e. The third kappa shape index (κ3) is 15.4. The van der Waals surface area contributed by atoms with Crippen LogP contribution in [0.15, 0.2) is 491 Å². The molecule has 5 aromatic heterocycles. The van der Waals surface area contributed by atoms with E-state index in [0.717, 1.165) is 89.8 Å². The zero-order valence-corrected chi connectivity index (χ0v) is 72.1. The van der Waals surface area contributed by atoms with Crippen LogP contribution in [0.1, 0.15) is 0 Å². The van der Waals surface area contributed by atoms with Crippen LogP contribution < -0.4 is 30.5 Å². The van der Waals surface area contributed by atoms with Gasteiger partial charge in [0.1, 0.15) is 0 Å². The monoisotopic (exact) mass is 1700 g/mol. The first-order valence-corrected chi connectivity index (χ1v) is 45.8. The maximum Gasteiger partial charge on any atom is 0.238 e. The Labute approximate surface area is 759 Å². The molecule has 13 nitrogen and oxygen atoms in total. The van der Waals surface area contributed by atoms with Crippen molar-refractivity contribution in [2.75, 3.05) is 9.80 Å². The smallest absolute Gasteiger partial charge is 0.238 e. The van der Waals surface area contributed by atoms with Crippen molar-refractivity contribution in [3.63, 3.8) is 0 Å². The summed E-state index contributed by atoms with van der Waals surface area (Å²) < 4.78 is 4.73. The van der Waals surface area contributed by atoms with Crippen LogP contribution in [0.25, 0.3) is 146 Å². The summed E-state index contributed by atoms with van der Waals surface area (Å²) in [5.74, 6) is 5.76. The summed E-state index contributed by atoms with van der Waals surface area (Å²) >= 11 is 0. The van der Waals surface area contributed by atoms with Crippen LogP contribution in [-0.2, 0) is 0 Å². The van der Waals surface area contributed by atoms with Crippen molar-refractivity contribution < 1.29 is 0 Å². The van der Waals surface area contributed by atoms with Crippen LogP contribution >= 0.6 is 0 Å². The van der Waals surface area contributed by atoms with Gasteiger partial charge in [-0.15, -0.1) is 0 Å². The van der Waals surface area contributed by atoms with Crippen molar-refractivity contribution in [3.05, 3.63) is 491 Å². The van der Waals surface area contributed by atoms with Crippen LogP contribution in [-0.4, -0.2) is 62.1 Å². The van der Waals surface area contributed by atoms with Gasteiger partial charge in [0.15, 0.2) is 54.7 Å². The highest BCUT2D eigenvalue weighted by molar-refractivity contribution is 7.20. The Bertz CT molecular complexity index is 7620. The lowest BCUT2D eigenvalue weighted by molar-refractivity contribution is 1.01. The standard InChI is InChI=1S/C51H36N4Si.C33H23N5.C33H22N4/c1-6-18-37(19-7-1)49-52-50(38-20-8-2-9-21-38)54-51(53-49)39-30-32-40(33-31-39)55-47-29-17-16-28-45(47)46-35-34-44(36-48(46)55)56(41-22-10-3-11-23-41,42-24-12-4-13-25-42)43-26-14-5-15-27-43;1-4-14-24(15-5-1)31-34-32(25-16-6-2-7-17-25)36-33(35-31)38-29-22-12-10-20-27(29)37(26-18-8-3-9-19-26)28-21-11-13-23-30(28)38;1-3-11-23(12-4-1)31-34-32(24-13-5-2-6-14-24)36-33(35-31)25-19-21-26(22-20-25)37-29-17-9-7-15-27(29)28-16-8-10-18-30(28)37/h1-36H;1-23H;1-22H. The molecular formula is C117H81N13Si. The second-order valence-electron chi connectivity index (χ2n) is 32.0. The van der Waals surface area contributed by atoms with Crippen LogP contribution in [0.4, 0.5) is 34.4 Å². The zero-order valence-electron chi connectivity index (χ0n) is 71.1. The van der Waals surface area contributed by atoms with Gasteiger partial charge in [-0.3, -0.25) is 4.90 Å². The first kappa shape index (κ1) is 79.3. The Balaban J connectivity index is 0.000000119. The molecule has 0 bridgehead atoms. The fraction of sp³-hybridized carbons (Fsp3) is 0. The Hall–Kier alpha value is -17.6. The molecule has 24 rings (SSSR count). The molecule has 0 unspecified atom stereocenters. The minimum atomic E-state index is -2.75. The molecule has 23 aromatic rings. The second-order valence-corrected chi connectivity index (χ2v) is 35.8. The fourth-order valence-electron chi connectivity index (χ4n) is 18.1. The van der Waals surface area contributed by atoms with E-state index >= 15 is 0 Å². The lowest BCUT2D eigenvalue weighted by atomic mass is 10.1. The average Bonchev–Trinajstić information content (AvgIpc) is 1.55. The number of anilines is 6. The number of hydrogen-bond acceptors (Lipinski definition) is 11. The molecule has 0 radical (unpaired) electrons. The average molecular weight is 1700 g/mol. The number of fused-ring (bicyclic) bond motifs is 8. The summed E-state index contributed by atoms with van der Waals surface area (Å²) in [5, 5.41) is 10.3. The van der Waals surface area contributed by atoms with Crippen molar-refractivity contribution in [1.82, 2.24) is 54.0 Å². The van der Waals surface area contributed by atoms with Gasteiger partial charge >= 0.3 is 0 Å². The van der Waals surface area contributed by atoms with Crippen molar-refractivity contribution in [2.24, 2.45) is 0 Å². The van der Waals surface area contributed by atoms with E-state index in [1.165, 1.54) is 58.8 Å². The largest absolute Gasteiger partial charge is 0.309 e. The summed E-state index contributed by atoms with van der Waals surface area (Å²) in [6.07, 6.45) is 0. The summed E-state index contributed by atoms with van der Waals surface area (Å²) in [6, 6.07) is 171.